The highest BCUT2D eigenvalue weighted by Crippen LogP contribution is 2.23. The predicted molar refractivity (Wildman–Crippen MR) is 103 cm³/mol. The molecule has 0 unspecified atom stereocenters. The molecule has 0 saturated heterocycles. The summed E-state index contributed by atoms with van der Waals surface area (Å²) in [6.45, 7) is 5.85. The molecular weight excluding hydrogens is 342 g/mol. The largest absolute Gasteiger partial charge is 0.491 e. The number of imidazole rings is 1. The van der Waals surface area contributed by atoms with E-state index in [1.165, 1.54) is 0 Å². The lowest BCUT2D eigenvalue weighted by molar-refractivity contribution is -0.129. The second-order valence-corrected chi connectivity index (χ2v) is 6.53. The Morgan fingerprint density at radius 1 is 1.15 bits per heavy atom. The molecule has 0 radical (unpaired) electrons. The van der Waals surface area contributed by atoms with Gasteiger partial charge >= 0.3 is 5.97 Å². The van der Waals surface area contributed by atoms with Crippen LogP contribution in [0.25, 0.3) is 11.6 Å². The molecule has 0 saturated carbocycles. The highest BCUT2D eigenvalue weighted by Gasteiger charge is 2.25. The smallest absolute Gasteiger partial charge is 0.363 e. The van der Waals surface area contributed by atoms with Gasteiger partial charge in [0.2, 0.25) is 5.90 Å². The number of fused-ring (bicyclic) bond motifs is 1. The number of pyridine rings is 1. The lowest BCUT2D eigenvalue weighted by atomic mass is 10.2. The molecule has 1 aliphatic heterocycles. The predicted octanol–water partition coefficient (Wildman–Crippen LogP) is 3.77. The maximum absolute atomic E-state index is 12.3. The van der Waals surface area contributed by atoms with E-state index in [0.717, 1.165) is 17.1 Å². The second-order valence-electron chi connectivity index (χ2n) is 6.53. The summed E-state index contributed by atoms with van der Waals surface area (Å²) in [6, 6.07) is 13.1. The minimum absolute atomic E-state index is 0.0974. The Hall–Kier alpha value is -3.41. The summed E-state index contributed by atoms with van der Waals surface area (Å²) in [5, 5.41) is 0. The molecule has 1 aromatic carbocycles. The zero-order valence-electron chi connectivity index (χ0n) is 15.3. The van der Waals surface area contributed by atoms with Crippen molar-refractivity contribution in [2.45, 2.75) is 26.9 Å². The van der Waals surface area contributed by atoms with Gasteiger partial charge in [0.05, 0.1) is 17.3 Å². The van der Waals surface area contributed by atoms with Crippen LogP contribution in [-0.2, 0) is 9.53 Å². The number of aromatic nitrogens is 2. The molecule has 3 aromatic rings. The molecule has 2 aromatic heterocycles. The van der Waals surface area contributed by atoms with E-state index < -0.39 is 5.97 Å². The maximum atomic E-state index is 12.3. The van der Waals surface area contributed by atoms with Gasteiger partial charge < -0.3 is 13.9 Å². The molecule has 136 valence electrons. The Kier molecular flexibility index (Phi) is 4.24. The summed E-state index contributed by atoms with van der Waals surface area (Å²) in [5.41, 5.74) is 2.55. The number of cyclic esters (lactones) is 1. The third-order valence-electron chi connectivity index (χ3n) is 4.12. The Balaban J connectivity index is 1.65. The van der Waals surface area contributed by atoms with Crippen molar-refractivity contribution in [2.24, 2.45) is 4.99 Å². The van der Waals surface area contributed by atoms with Gasteiger partial charge in [-0.2, -0.15) is 0 Å². The van der Waals surface area contributed by atoms with Gasteiger partial charge in [-0.25, -0.2) is 14.8 Å². The van der Waals surface area contributed by atoms with Crippen molar-refractivity contribution in [1.29, 1.82) is 0 Å². The molecule has 27 heavy (non-hydrogen) atoms. The molecule has 6 heteroatoms. The first-order valence-corrected chi connectivity index (χ1v) is 8.74. The second kappa shape index (κ2) is 6.72. The molecule has 0 bridgehead atoms. The van der Waals surface area contributed by atoms with Crippen LogP contribution >= 0.6 is 0 Å². The van der Waals surface area contributed by atoms with E-state index in [1.54, 1.807) is 6.08 Å². The van der Waals surface area contributed by atoms with Crippen LogP contribution < -0.4 is 4.74 Å². The van der Waals surface area contributed by atoms with Crippen molar-refractivity contribution >= 4 is 23.5 Å². The summed E-state index contributed by atoms with van der Waals surface area (Å²) >= 11 is 0. The number of hydrogen-bond donors (Lipinski definition) is 0. The fourth-order valence-corrected chi connectivity index (χ4v) is 2.94. The van der Waals surface area contributed by atoms with Gasteiger partial charge in [0.1, 0.15) is 11.6 Å². The third-order valence-corrected chi connectivity index (χ3v) is 4.12. The molecule has 0 amide bonds. The fourth-order valence-electron chi connectivity index (χ4n) is 2.94. The number of aryl methyl sites for hydroxylation is 1. The van der Waals surface area contributed by atoms with Gasteiger partial charge in [-0.1, -0.05) is 6.07 Å². The van der Waals surface area contributed by atoms with Gasteiger partial charge in [0.25, 0.3) is 0 Å². The van der Waals surface area contributed by atoms with E-state index in [4.69, 9.17) is 9.47 Å². The van der Waals surface area contributed by atoms with E-state index in [9.17, 15) is 4.79 Å². The fraction of sp³-hybridized carbons (Fsp3) is 0.190. The minimum atomic E-state index is -0.484. The highest BCUT2D eigenvalue weighted by atomic mass is 16.6. The zero-order valence-corrected chi connectivity index (χ0v) is 15.3. The topological polar surface area (TPSA) is 65.2 Å². The molecule has 3 heterocycles. The van der Waals surface area contributed by atoms with Crippen molar-refractivity contribution in [2.75, 3.05) is 0 Å². The average Bonchev–Trinajstić information content (AvgIpc) is 3.16. The SMILES string of the molecule is Cc1nc(/C=C2/N=C(c3ccc(OC(C)C)cc3)OC2=O)c2ccccn12. The van der Waals surface area contributed by atoms with Crippen LogP contribution in [0.4, 0.5) is 0 Å². The van der Waals surface area contributed by atoms with E-state index in [-0.39, 0.29) is 17.7 Å². The Labute approximate surface area is 156 Å². The molecule has 6 nitrogen and oxygen atoms in total. The highest BCUT2D eigenvalue weighted by molar-refractivity contribution is 6.13. The first-order chi connectivity index (χ1) is 13.0. The summed E-state index contributed by atoms with van der Waals surface area (Å²) in [4.78, 5) is 21.1. The van der Waals surface area contributed by atoms with Gasteiger partial charge in [-0.15, -0.1) is 0 Å². The first kappa shape index (κ1) is 17.0. The standard InChI is InChI=1S/C21H19N3O3/c1-13(2)26-16-9-7-15(8-10-16)20-23-18(21(25)27-20)12-17-19-6-4-5-11-24(19)14(3)22-17/h4-13H,1-3H3/b18-12+. The number of nitrogens with zero attached hydrogens (tertiary/aromatic N) is 3. The molecule has 0 aliphatic carbocycles. The summed E-state index contributed by atoms with van der Waals surface area (Å²) in [7, 11) is 0. The summed E-state index contributed by atoms with van der Waals surface area (Å²) in [5.74, 6) is 1.40. The number of hydrogen-bond acceptors (Lipinski definition) is 5. The number of carbonyl (C=O) groups is 1. The molecule has 0 spiro atoms. The van der Waals surface area contributed by atoms with Crippen molar-refractivity contribution in [3.05, 3.63) is 71.4 Å². The van der Waals surface area contributed by atoms with Crippen molar-refractivity contribution in [1.82, 2.24) is 9.38 Å². The van der Waals surface area contributed by atoms with Crippen LogP contribution in [-0.4, -0.2) is 27.4 Å². The Morgan fingerprint density at radius 3 is 2.67 bits per heavy atom. The first-order valence-electron chi connectivity index (χ1n) is 8.74. The van der Waals surface area contributed by atoms with Crippen LogP contribution in [0.2, 0.25) is 0 Å². The molecule has 0 N–H and O–H groups in total. The van der Waals surface area contributed by atoms with Crippen LogP contribution in [0.15, 0.2) is 59.4 Å². The number of esters is 1. The van der Waals surface area contributed by atoms with Crippen LogP contribution in [0.1, 0.15) is 30.9 Å². The van der Waals surface area contributed by atoms with Crippen LogP contribution in [0.5, 0.6) is 5.75 Å². The maximum Gasteiger partial charge on any atom is 0.363 e. The van der Waals surface area contributed by atoms with Gasteiger partial charge in [0, 0.05) is 11.8 Å². The summed E-state index contributed by atoms with van der Waals surface area (Å²) in [6.07, 6.45) is 3.69. The number of benzene rings is 1. The molecule has 4 rings (SSSR count). The van der Waals surface area contributed by atoms with E-state index >= 15 is 0 Å². The number of carbonyl (C=O) groups excluding carboxylic acids is 1. The zero-order chi connectivity index (χ0) is 19.0. The van der Waals surface area contributed by atoms with E-state index in [2.05, 4.69) is 9.98 Å². The number of aliphatic imine (C=N–C) groups is 1. The lowest BCUT2D eigenvalue weighted by Gasteiger charge is -2.09. The number of rotatable bonds is 4. The summed E-state index contributed by atoms with van der Waals surface area (Å²) < 4.78 is 12.9. The van der Waals surface area contributed by atoms with Gasteiger partial charge in [-0.05, 0) is 63.2 Å². The molecule has 0 atom stereocenters. The van der Waals surface area contributed by atoms with E-state index in [1.807, 2.05) is 73.8 Å². The quantitative estimate of drug-likeness (QED) is 0.524. The van der Waals surface area contributed by atoms with Crippen LogP contribution in [0.3, 0.4) is 0 Å². The van der Waals surface area contributed by atoms with Crippen molar-refractivity contribution in [3.8, 4) is 5.75 Å². The monoisotopic (exact) mass is 361 g/mol. The number of ether oxygens (including phenoxy) is 2. The molecule has 1 aliphatic rings. The molecular formula is C21H19N3O3. The van der Waals surface area contributed by atoms with Gasteiger partial charge in [-0.3, -0.25) is 0 Å². The third kappa shape index (κ3) is 3.33. The van der Waals surface area contributed by atoms with E-state index in [0.29, 0.717) is 11.3 Å². The lowest BCUT2D eigenvalue weighted by Crippen LogP contribution is -2.07. The minimum Gasteiger partial charge on any atom is -0.491 e. The van der Waals surface area contributed by atoms with Crippen molar-refractivity contribution in [3.63, 3.8) is 0 Å². The van der Waals surface area contributed by atoms with Crippen molar-refractivity contribution < 1.29 is 14.3 Å². The average molecular weight is 361 g/mol. The molecule has 0 fully saturated rings. The Morgan fingerprint density at radius 2 is 1.93 bits per heavy atom. The van der Waals surface area contributed by atoms with Crippen LogP contribution in [0, 0.1) is 6.92 Å². The Bertz CT molecular complexity index is 1080. The van der Waals surface area contributed by atoms with Gasteiger partial charge in [0.15, 0.2) is 5.70 Å². The normalized spacial score (nSPS) is 15.5.